The normalized spacial score (nSPS) is 22.1. The number of aliphatic hydroxyl groups excluding tert-OH is 1. The first-order valence-electron chi connectivity index (χ1n) is 7.38. The van der Waals surface area contributed by atoms with E-state index >= 15 is 0 Å². The van der Waals surface area contributed by atoms with Crippen LogP contribution in [0, 0.1) is 0 Å². The maximum atomic E-state index is 12.7. The van der Waals surface area contributed by atoms with Crippen LogP contribution in [0.1, 0.15) is 38.4 Å². The average Bonchev–Trinajstić information content (AvgIpc) is 2.54. The Hall–Kier alpha value is -0.560. The standard InChI is InChI=1S/C15H23NO3S2/c1-3-13-11-16(8-9-20-13)21(18,19)14-7-5-6-12(10-14)15(17)4-2/h5-7,10,13,15,17H,3-4,8-9,11H2,1-2H3. The lowest BCUT2D eigenvalue weighted by Crippen LogP contribution is -2.41. The number of aliphatic hydroxyl groups is 1. The monoisotopic (exact) mass is 329 g/mol. The van der Waals surface area contributed by atoms with E-state index in [1.807, 2.05) is 18.7 Å². The fourth-order valence-corrected chi connectivity index (χ4v) is 5.36. The van der Waals surface area contributed by atoms with Gasteiger partial charge in [-0.2, -0.15) is 16.1 Å². The molecule has 21 heavy (non-hydrogen) atoms. The highest BCUT2D eigenvalue weighted by Gasteiger charge is 2.30. The number of rotatable bonds is 5. The summed E-state index contributed by atoms with van der Waals surface area (Å²) in [4.78, 5) is 0.286. The summed E-state index contributed by atoms with van der Waals surface area (Å²) in [5.41, 5.74) is 0.664. The quantitative estimate of drug-likeness (QED) is 0.902. The van der Waals surface area contributed by atoms with Crippen LogP contribution in [0.4, 0.5) is 0 Å². The number of thioether (sulfide) groups is 1. The van der Waals surface area contributed by atoms with Gasteiger partial charge < -0.3 is 5.11 Å². The second kappa shape index (κ2) is 7.13. The molecule has 1 aliphatic rings. The molecule has 6 heteroatoms. The van der Waals surface area contributed by atoms with E-state index in [-0.39, 0.29) is 4.90 Å². The van der Waals surface area contributed by atoms with Crippen molar-refractivity contribution < 1.29 is 13.5 Å². The van der Waals surface area contributed by atoms with Crippen LogP contribution in [-0.4, -0.2) is 41.9 Å². The first-order chi connectivity index (χ1) is 9.98. The Kier molecular flexibility index (Phi) is 5.71. The van der Waals surface area contributed by atoms with Crippen LogP contribution in [0.15, 0.2) is 29.2 Å². The Morgan fingerprint density at radius 1 is 1.43 bits per heavy atom. The summed E-state index contributed by atoms with van der Waals surface area (Å²) in [7, 11) is -3.46. The van der Waals surface area contributed by atoms with Gasteiger partial charge in [-0.3, -0.25) is 0 Å². The molecular weight excluding hydrogens is 306 g/mol. The lowest BCUT2D eigenvalue weighted by Gasteiger charge is -2.31. The molecule has 1 aliphatic heterocycles. The van der Waals surface area contributed by atoms with Crippen LogP contribution in [0.2, 0.25) is 0 Å². The SMILES string of the molecule is CCC1CN(S(=O)(=O)c2cccc(C(O)CC)c2)CCS1. The van der Waals surface area contributed by atoms with Crippen LogP contribution in [0.25, 0.3) is 0 Å². The molecular formula is C15H23NO3S2. The molecule has 4 nitrogen and oxygen atoms in total. The van der Waals surface area contributed by atoms with E-state index < -0.39 is 16.1 Å². The predicted octanol–water partition coefficient (Wildman–Crippen LogP) is 2.65. The number of nitrogens with zero attached hydrogens (tertiary/aromatic N) is 1. The molecule has 1 heterocycles. The van der Waals surface area contributed by atoms with Crippen LogP contribution in [0.3, 0.4) is 0 Å². The number of sulfonamides is 1. The largest absolute Gasteiger partial charge is 0.388 e. The van der Waals surface area contributed by atoms with Gasteiger partial charge in [0, 0.05) is 24.1 Å². The van der Waals surface area contributed by atoms with Gasteiger partial charge in [0.2, 0.25) is 10.0 Å². The molecule has 0 saturated carbocycles. The van der Waals surface area contributed by atoms with Crippen molar-refractivity contribution in [3.8, 4) is 0 Å². The maximum Gasteiger partial charge on any atom is 0.243 e. The van der Waals surface area contributed by atoms with Crippen molar-refractivity contribution in [1.29, 1.82) is 0 Å². The van der Waals surface area contributed by atoms with E-state index in [9.17, 15) is 13.5 Å². The van der Waals surface area contributed by atoms with Crippen LogP contribution >= 0.6 is 11.8 Å². The zero-order valence-corrected chi connectivity index (χ0v) is 14.2. The summed E-state index contributed by atoms with van der Waals surface area (Å²) in [6.07, 6.45) is 0.938. The third-order valence-corrected chi connectivity index (χ3v) is 7.06. The van der Waals surface area contributed by atoms with Gasteiger partial charge in [0.25, 0.3) is 0 Å². The zero-order chi connectivity index (χ0) is 15.5. The smallest absolute Gasteiger partial charge is 0.243 e. The summed E-state index contributed by atoms with van der Waals surface area (Å²) < 4.78 is 27.1. The van der Waals surface area contributed by atoms with E-state index in [1.54, 1.807) is 28.6 Å². The summed E-state index contributed by atoms with van der Waals surface area (Å²) in [6, 6.07) is 6.70. The third-order valence-electron chi connectivity index (χ3n) is 3.82. The van der Waals surface area contributed by atoms with Crippen molar-refractivity contribution in [3.05, 3.63) is 29.8 Å². The van der Waals surface area contributed by atoms with E-state index in [2.05, 4.69) is 6.92 Å². The fourth-order valence-electron chi connectivity index (χ4n) is 2.42. The molecule has 2 unspecified atom stereocenters. The van der Waals surface area contributed by atoms with Gasteiger partial charge in [0.05, 0.1) is 11.0 Å². The van der Waals surface area contributed by atoms with Crippen LogP contribution in [0.5, 0.6) is 0 Å². The van der Waals surface area contributed by atoms with Crippen molar-refractivity contribution in [2.75, 3.05) is 18.8 Å². The second-order valence-corrected chi connectivity index (χ2v) is 8.61. The lowest BCUT2D eigenvalue weighted by atomic mass is 10.1. The minimum Gasteiger partial charge on any atom is -0.388 e. The predicted molar refractivity (Wildman–Crippen MR) is 87.0 cm³/mol. The molecule has 1 aromatic carbocycles. The van der Waals surface area contributed by atoms with Crippen molar-refractivity contribution in [2.24, 2.45) is 0 Å². The third kappa shape index (κ3) is 3.80. The van der Waals surface area contributed by atoms with E-state index in [0.717, 1.165) is 12.2 Å². The van der Waals surface area contributed by atoms with Crippen molar-refractivity contribution in [1.82, 2.24) is 4.31 Å². The highest BCUT2D eigenvalue weighted by molar-refractivity contribution is 8.00. The molecule has 2 rings (SSSR count). The van der Waals surface area contributed by atoms with Gasteiger partial charge in [0.15, 0.2) is 0 Å². The molecule has 0 aromatic heterocycles. The maximum absolute atomic E-state index is 12.7. The molecule has 2 atom stereocenters. The van der Waals surface area contributed by atoms with Gasteiger partial charge in [-0.1, -0.05) is 26.0 Å². The molecule has 0 spiro atoms. The molecule has 118 valence electrons. The Balaban J connectivity index is 2.27. The average molecular weight is 329 g/mol. The molecule has 0 aliphatic carbocycles. The second-order valence-electron chi connectivity index (χ2n) is 5.26. The fraction of sp³-hybridized carbons (Fsp3) is 0.600. The van der Waals surface area contributed by atoms with E-state index in [0.29, 0.717) is 30.3 Å². The minimum atomic E-state index is -3.46. The molecule has 1 aromatic rings. The summed E-state index contributed by atoms with van der Waals surface area (Å²) in [6.45, 7) is 5.10. The van der Waals surface area contributed by atoms with Crippen molar-refractivity contribution >= 4 is 21.8 Å². The van der Waals surface area contributed by atoms with Gasteiger partial charge >= 0.3 is 0 Å². The van der Waals surface area contributed by atoms with Crippen LogP contribution in [-0.2, 0) is 10.0 Å². The zero-order valence-electron chi connectivity index (χ0n) is 12.5. The molecule has 0 bridgehead atoms. The van der Waals surface area contributed by atoms with Gasteiger partial charge in [-0.15, -0.1) is 0 Å². The van der Waals surface area contributed by atoms with Crippen LogP contribution < -0.4 is 0 Å². The highest BCUT2D eigenvalue weighted by atomic mass is 32.2. The molecule has 0 radical (unpaired) electrons. The van der Waals surface area contributed by atoms with E-state index in [1.165, 1.54) is 0 Å². The highest BCUT2D eigenvalue weighted by Crippen LogP contribution is 2.27. The Bertz CT molecular complexity index is 574. The molecule has 1 N–H and O–H groups in total. The molecule has 1 saturated heterocycles. The Labute approximate surface area is 131 Å². The topological polar surface area (TPSA) is 57.6 Å². The first kappa shape index (κ1) is 16.8. The first-order valence-corrected chi connectivity index (χ1v) is 9.87. The number of benzene rings is 1. The molecule has 0 amide bonds. The van der Waals surface area contributed by atoms with Crippen molar-refractivity contribution in [2.45, 2.75) is 42.9 Å². The number of hydrogen-bond acceptors (Lipinski definition) is 4. The van der Waals surface area contributed by atoms with E-state index in [4.69, 9.17) is 0 Å². The lowest BCUT2D eigenvalue weighted by molar-refractivity contribution is 0.173. The summed E-state index contributed by atoms with van der Waals surface area (Å²) in [5, 5.41) is 10.3. The van der Waals surface area contributed by atoms with Gasteiger partial charge in [-0.05, 0) is 30.5 Å². The Morgan fingerprint density at radius 2 is 2.19 bits per heavy atom. The number of hydrogen-bond donors (Lipinski definition) is 1. The van der Waals surface area contributed by atoms with Gasteiger partial charge in [0.1, 0.15) is 0 Å². The van der Waals surface area contributed by atoms with Gasteiger partial charge in [-0.25, -0.2) is 8.42 Å². The molecule has 1 fully saturated rings. The minimum absolute atomic E-state index is 0.286. The van der Waals surface area contributed by atoms with Crippen molar-refractivity contribution in [3.63, 3.8) is 0 Å². The summed E-state index contributed by atoms with van der Waals surface area (Å²) >= 11 is 1.84. The summed E-state index contributed by atoms with van der Waals surface area (Å²) in [5.74, 6) is 0.842. The Morgan fingerprint density at radius 3 is 2.86 bits per heavy atom.